The number of aromatic nitrogens is 1. The normalized spacial score (nSPS) is 18.9. The van der Waals surface area contributed by atoms with Gasteiger partial charge < -0.3 is 19.7 Å². The summed E-state index contributed by atoms with van der Waals surface area (Å²) in [5, 5.41) is 21.7. The number of fused-ring (bicyclic) bond motifs is 1. The number of ether oxygens (including phenoxy) is 2. The Morgan fingerprint density at radius 3 is 2.56 bits per heavy atom. The smallest absolute Gasteiger partial charge is 0.300 e. The van der Waals surface area contributed by atoms with Crippen molar-refractivity contribution in [1.82, 2.24) is 4.98 Å². The molecular weight excluding hydrogens is 412 g/mol. The molecule has 0 spiro atoms. The third-order valence-corrected chi connectivity index (χ3v) is 5.50. The molecule has 0 saturated carbocycles. The van der Waals surface area contributed by atoms with Gasteiger partial charge in [0, 0.05) is 18.0 Å². The zero-order valence-electron chi connectivity index (χ0n) is 17.0. The van der Waals surface area contributed by atoms with Gasteiger partial charge in [-0.1, -0.05) is 6.07 Å². The van der Waals surface area contributed by atoms with E-state index in [1.165, 1.54) is 23.4 Å². The molecule has 32 heavy (non-hydrogen) atoms. The van der Waals surface area contributed by atoms with Crippen molar-refractivity contribution in [3.8, 4) is 17.2 Å². The number of ketones is 1. The number of phenolic OH excluding ortho intramolecular Hbond substituents is 1. The van der Waals surface area contributed by atoms with Crippen LogP contribution in [0.1, 0.15) is 22.7 Å². The van der Waals surface area contributed by atoms with Crippen LogP contribution in [0.4, 0.5) is 5.69 Å². The Kier molecular flexibility index (Phi) is 4.55. The first-order chi connectivity index (χ1) is 15.5. The summed E-state index contributed by atoms with van der Waals surface area (Å²) >= 11 is 0. The van der Waals surface area contributed by atoms with Gasteiger partial charge in [-0.2, -0.15) is 0 Å². The highest BCUT2D eigenvalue weighted by Crippen LogP contribution is 2.45. The zero-order valence-corrected chi connectivity index (χ0v) is 17.0. The fraction of sp³-hybridized carbons (Fsp3) is 0.125. The summed E-state index contributed by atoms with van der Waals surface area (Å²) in [6, 6.07) is 11.9. The molecule has 8 nitrogen and oxygen atoms in total. The van der Waals surface area contributed by atoms with E-state index in [1.54, 1.807) is 42.5 Å². The average molecular weight is 430 g/mol. The van der Waals surface area contributed by atoms with Gasteiger partial charge in [-0.3, -0.25) is 19.5 Å². The third kappa shape index (κ3) is 3.04. The lowest BCUT2D eigenvalue weighted by Crippen LogP contribution is -2.29. The molecule has 1 amide bonds. The van der Waals surface area contributed by atoms with Crippen molar-refractivity contribution in [1.29, 1.82) is 0 Å². The highest BCUT2D eigenvalue weighted by atomic mass is 16.7. The molecule has 160 valence electrons. The lowest BCUT2D eigenvalue weighted by Gasteiger charge is -2.26. The number of phenols is 1. The van der Waals surface area contributed by atoms with Crippen molar-refractivity contribution in [2.45, 2.75) is 13.0 Å². The first kappa shape index (κ1) is 19.6. The van der Waals surface area contributed by atoms with Crippen molar-refractivity contribution in [3.05, 3.63) is 83.2 Å². The van der Waals surface area contributed by atoms with Crippen molar-refractivity contribution >= 4 is 23.1 Å². The van der Waals surface area contributed by atoms with Crippen molar-refractivity contribution < 1.29 is 29.3 Å². The van der Waals surface area contributed by atoms with Crippen LogP contribution >= 0.6 is 0 Å². The number of anilines is 1. The number of Topliss-reactive ketones (excluding diaryl/α,β-unsaturated/α-hetero) is 1. The zero-order chi connectivity index (χ0) is 22.4. The second-order valence-corrected chi connectivity index (χ2v) is 7.51. The van der Waals surface area contributed by atoms with E-state index < -0.39 is 17.7 Å². The Hall–Kier alpha value is -4.33. The van der Waals surface area contributed by atoms with Gasteiger partial charge in [0.1, 0.15) is 11.5 Å². The summed E-state index contributed by atoms with van der Waals surface area (Å²) in [7, 11) is 0. The first-order valence-electron chi connectivity index (χ1n) is 9.86. The molecule has 0 bridgehead atoms. The van der Waals surface area contributed by atoms with Crippen LogP contribution in [0.2, 0.25) is 0 Å². The lowest BCUT2D eigenvalue weighted by atomic mass is 9.95. The van der Waals surface area contributed by atoms with E-state index in [-0.39, 0.29) is 29.6 Å². The van der Waals surface area contributed by atoms with Gasteiger partial charge in [0.15, 0.2) is 11.5 Å². The topological polar surface area (TPSA) is 109 Å². The number of hydrogen-bond acceptors (Lipinski definition) is 7. The number of benzene rings is 2. The van der Waals surface area contributed by atoms with Gasteiger partial charge in [0.05, 0.1) is 17.3 Å². The van der Waals surface area contributed by atoms with E-state index in [0.29, 0.717) is 22.6 Å². The van der Waals surface area contributed by atoms with Crippen LogP contribution in [0.5, 0.6) is 17.2 Å². The monoisotopic (exact) mass is 430 g/mol. The Bertz CT molecular complexity index is 1280. The van der Waals surface area contributed by atoms with Crippen molar-refractivity contribution in [2.24, 2.45) is 0 Å². The predicted molar refractivity (Wildman–Crippen MR) is 114 cm³/mol. The molecule has 2 aliphatic rings. The number of nitrogens with zero attached hydrogens (tertiary/aromatic N) is 2. The van der Waals surface area contributed by atoms with Crippen LogP contribution in [-0.4, -0.2) is 33.7 Å². The minimum absolute atomic E-state index is 0.0631. The minimum Gasteiger partial charge on any atom is -0.507 e. The van der Waals surface area contributed by atoms with Crippen molar-refractivity contribution in [2.75, 3.05) is 11.7 Å². The third-order valence-electron chi connectivity index (χ3n) is 5.50. The second kappa shape index (κ2) is 7.42. The molecule has 8 heteroatoms. The maximum absolute atomic E-state index is 13.2. The van der Waals surface area contributed by atoms with Crippen LogP contribution < -0.4 is 14.4 Å². The lowest BCUT2D eigenvalue weighted by molar-refractivity contribution is -0.132. The number of rotatable bonds is 3. The van der Waals surface area contributed by atoms with E-state index >= 15 is 0 Å². The Morgan fingerprint density at radius 1 is 1.03 bits per heavy atom. The number of carbonyl (C=O) groups is 2. The molecule has 2 aliphatic heterocycles. The van der Waals surface area contributed by atoms with E-state index in [9.17, 15) is 19.8 Å². The fourth-order valence-corrected chi connectivity index (χ4v) is 3.97. The van der Waals surface area contributed by atoms with Crippen LogP contribution in [0.15, 0.2) is 66.5 Å². The molecule has 1 unspecified atom stereocenters. The molecule has 3 heterocycles. The highest BCUT2D eigenvalue weighted by molar-refractivity contribution is 6.51. The number of amides is 1. The summed E-state index contributed by atoms with van der Waals surface area (Å²) in [5.74, 6) is -1.26. The predicted octanol–water partition coefficient (Wildman–Crippen LogP) is 3.45. The van der Waals surface area contributed by atoms with E-state index in [1.807, 2.05) is 6.92 Å². The first-order valence-corrected chi connectivity index (χ1v) is 9.86. The molecule has 3 aromatic rings. The Balaban J connectivity index is 1.73. The van der Waals surface area contributed by atoms with Gasteiger partial charge in [-0.15, -0.1) is 0 Å². The molecule has 2 aromatic carbocycles. The van der Waals surface area contributed by atoms with Gasteiger partial charge in [-0.05, 0) is 60.5 Å². The van der Waals surface area contributed by atoms with Crippen LogP contribution in [-0.2, 0) is 9.59 Å². The summed E-state index contributed by atoms with van der Waals surface area (Å²) in [6.45, 7) is 1.88. The number of aromatic hydroxyl groups is 1. The largest absolute Gasteiger partial charge is 0.507 e. The molecular formula is C24H18N2O6. The average Bonchev–Trinajstić information content (AvgIpc) is 3.38. The Labute approximate surface area is 183 Å². The summed E-state index contributed by atoms with van der Waals surface area (Å²) in [6.07, 6.45) is 3.07. The molecule has 1 atom stereocenters. The van der Waals surface area contributed by atoms with E-state index in [2.05, 4.69) is 4.98 Å². The van der Waals surface area contributed by atoms with Gasteiger partial charge >= 0.3 is 0 Å². The maximum Gasteiger partial charge on any atom is 0.300 e. The number of aliphatic hydroxyl groups is 1. The second-order valence-electron chi connectivity index (χ2n) is 7.51. The molecule has 0 radical (unpaired) electrons. The van der Waals surface area contributed by atoms with Gasteiger partial charge in [0.25, 0.3) is 11.7 Å². The van der Waals surface area contributed by atoms with Crippen molar-refractivity contribution in [3.63, 3.8) is 0 Å². The summed E-state index contributed by atoms with van der Waals surface area (Å²) in [5.41, 5.74) is 1.74. The van der Waals surface area contributed by atoms with Crippen LogP contribution in [0.25, 0.3) is 5.76 Å². The number of aryl methyl sites for hydroxylation is 1. The van der Waals surface area contributed by atoms with Gasteiger partial charge in [0.2, 0.25) is 6.79 Å². The molecule has 1 aromatic heterocycles. The quantitative estimate of drug-likeness (QED) is 0.372. The molecule has 2 N–H and O–H groups in total. The fourth-order valence-electron chi connectivity index (χ4n) is 3.97. The highest BCUT2D eigenvalue weighted by Gasteiger charge is 2.47. The number of pyridine rings is 1. The summed E-state index contributed by atoms with van der Waals surface area (Å²) in [4.78, 5) is 31.5. The van der Waals surface area contributed by atoms with E-state index in [4.69, 9.17) is 9.47 Å². The Morgan fingerprint density at radius 2 is 1.78 bits per heavy atom. The summed E-state index contributed by atoms with van der Waals surface area (Å²) < 4.78 is 10.7. The maximum atomic E-state index is 13.2. The standard InChI is InChI=1S/C24H18N2O6/c1-13-2-4-17(27)16(10-13)26-21(14-6-8-25-9-7-14)20(23(29)24(26)30)22(28)15-3-5-18-19(11-15)32-12-31-18/h2-11,21,27-28H,12H2,1H3/b22-20-. The molecule has 5 rings (SSSR count). The SMILES string of the molecule is Cc1ccc(O)c(N2C(=O)C(=O)/C(=C(\O)c3ccc4c(c3)OCO4)C2c2ccncc2)c1. The molecule has 0 aliphatic carbocycles. The van der Waals surface area contributed by atoms with Crippen LogP contribution in [0.3, 0.4) is 0 Å². The van der Waals surface area contributed by atoms with Gasteiger partial charge in [-0.25, -0.2) is 0 Å². The van der Waals surface area contributed by atoms with Crippen LogP contribution in [0, 0.1) is 6.92 Å². The molecule has 1 saturated heterocycles. The number of hydrogen-bond donors (Lipinski definition) is 2. The molecule has 1 fully saturated rings. The number of carbonyl (C=O) groups excluding carboxylic acids is 2. The van der Waals surface area contributed by atoms with E-state index in [0.717, 1.165) is 5.56 Å². The number of aliphatic hydroxyl groups excluding tert-OH is 1. The minimum atomic E-state index is -0.962.